The monoisotopic (exact) mass is 757 g/mol. The summed E-state index contributed by atoms with van der Waals surface area (Å²) in [5, 5.41) is 134. The summed E-state index contributed by atoms with van der Waals surface area (Å²) in [6, 6.07) is 7.06. The first-order valence-corrected chi connectivity index (χ1v) is 16.4. The summed E-state index contributed by atoms with van der Waals surface area (Å²) in [4.78, 5) is 0. The molecule has 0 bridgehead atoms. The summed E-state index contributed by atoms with van der Waals surface area (Å²) in [6.45, 7) is -2.27. The van der Waals surface area contributed by atoms with E-state index in [1.807, 2.05) is 0 Å². The smallest absolute Gasteiger partial charge is 0.402 e. The van der Waals surface area contributed by atoms with Crippen LogP contribution in [-0.2, 0) is 18.9 Å². The highest BCUT2D eigenvalue weighted by Gasteiger charge is 2.50. The van der Waals surface area contributed by atoms with Crippen LogP contribution < -0.4 is 9.47 Å². The number of fused-ring (bicyclic) bond motifs is 1. The molecular weight excluding hydrogens is 716 g/mol. The molecule has 6 rings (SSSR count). The number of aromatic hydroxyl groups is 3. The maximum atomic E-state index is 11.2. The lowest BCUT2D eigenvalue weighted by Gasteiger charge is -2.44. The summed E-state index contributed by atoms with van der Waals surface area (Å²) in [5.74, 6) is -2.22. The lowest BCUT2D eigenvalue weighted by molar-refractivity contribution is -0.338. The van der Waals surface area contributed by atoms with Crippen molar-refractivity contribution >= 4 is 11.0 Å². The Balaban J connectivity index is 1.43. The molecule has 3 aromatic rings. The van der Waals surface area contributed by atoms with Gasteiger partial charge in [0.25, 0.3) is 0 Å². The van der Waals surface area contributed by atoms with E-state index in [9.17, 15) is 66.4 Å². The first kappa shape index (κ1) is 39.0. The van der Waals surface area contributed by atoms with Gasteiger partial charge in [-0.2, -0.15) is 0 Å². The van der Waals surface area contributed by atoms with Crippen molar-refractivity contribution in [1.82, 2.24) is 0 Å². The molecule has 20 nitrogen and oxygen atoms in total. The molecule has 4 heterocycles. The van der Waals surface area contributed by atoms with Crippen molar-refractivity contribution in [2.24, 2.45) is 0 Å². The minimum absolute atomic E-state index is 0.00686. The van der Waals surface area contributed by atoms with Crippen LogP contribution >= 0.6 is 0 Å². The average Bonchev–Trinajstić information content (AvgIpc) is 3.13. The van der Waals surface area contributed by atoms with Gasteiger partial charge in [-0.25, -0.2) is 4.42 Å². The van der Waals surface area contributed by atoms with Gasteiger partial charge in [-0.1, -0.05) is 0 Å². The third kappa shape index (κ3) is 7.78. The molecule has 0 radical (unpaired) electrons. The molecule has 1 aromatic heterocycles. The number of aliphatic hydroxyl groups is 10. The van der Waals surface area contributed by atoms with Gasteiger partial charge in [-0.15, -0.1) is 0 Å². The number of hydrogen-bond acceptors (Lipinski definition) is 19. The molecule has 292 valence electrons. The normalized spacial score (nSPS) is 36.3. The second-order valence-electron chi connectivity index (χ2n) is 12.8. The van der Waals surface area contributed by atoms with Crippen molar-refractivity contribution in [2.75, 3.05) is 19.8 Å². The van der Waals surface area contributed by atoms with E-state index in [2.05, 4.69) is 0 Å². The Hall–Kier alpha value is -3.71. The Morgan fingerprint density at radius 1 is 0.623 bits per heavy atom. The molecular formula is C33H41O20+. The number of hydrogen-bond donors (Lipinski definition) is 13. The highest BCUT2D eigenvalue weighted by atomic mass is 16.8. The number of phenolic OH excluding ortho intramolecular Hbond substituents is 3. The quantitative estimate of drug-likeness (QED) is 0.0712. The van der Waals surface area contributed by atoms with Crippen molar-refractivity contribution in [3.8, 4) is 40.1 Å². The molecule has 0 saturated carbocycles. The molecule has 0 spiro atoms. The fourth-order valence-corrected chi connectivity index (χ4v) is 6.26. The van der Waals surface area contributed by atoms with Gasteiger partial charge in [0.15, 0.2) is 23.9 Å². The fourth-order valence-electron chi connectivity index (χ4n) is 6.26. The van der Waals surface area contributed by atoms with Crippen molar-refractivity contribution < 1.29 is 99.2 Å². The Kier molecular flexibility index (Phi) is 11.7. The van der Waals surface area contributed by atoms with Gasteiger partial charge in [-0.3, -0.25) is 0 Å². The van der Waals surface area contributed by atoms with E-state index in [-0.39, 0.29) is 40.2 Å². The predicted molar refractivity (Wildman–Crippen MR) is 171 cm³/mol. The zero-order valence-electron chi connectivity index (χ0n) is 27.5. The molecule has 0 aliphatic carbocycles. The number of phenols is 3. The third-order valence-electron chi connectivity index (χ3n) is 9.22. The zero-order chi connectivity index (χ0) is 38.3. The van der Waals surface area contributed by atoms with E-state index in [0.29, 0.717) is 0 Å². The fraction of sp³-hybridized carbons (Fsp3) is 0.545. The second-order valence-corrected chi connectivity index (χ2v) is 12.8. The highest BCUT2D eigenvalue weighted by molar-refractivity contribution is 5.89. The van der Waals surface area contributed by atoms with E-state index in [4.69, 9.17) is 32.8 Å². The van der Waals surface area contributed by atoms with Crippen LogP contribution in [-0.4, -0.2) is 172 Å². The molecule has 1 unspecified atom stereocenters. The molecule has 3 aliphatic heterocycles. The van der Waals surface area contributed by atoms with Gasteiger partial charge in [0, 0.05) is 24.6 Å². The van der Waals surface area contributed by atoms with Crippen LogP contribution in [0.1, 0.15) is 6.42 Å². The van der Waals surface area contributed by atoms with Crippen LogP contribution in [0.2, 0.25) is 0 Å². The molecule has 20 heteroatoms. The first-order chi connectivity index (χ1) is 25.2. The van der Waals surface area contributed by atoms with E-state index in [1.54, 1.807) is 0 Å². The summed E-state index contributed by atoms with van der Waals surface area (Å²) >= 11 is 0. The van der Waals surface area contributed by atoms with Crippen LogP contribution in [0, 0.1) is 0 Å². The average molecular weight is 758 g/mol. The highest BCUT2D eigenvalue weighted by Crippen LogP contribution is 2.43. The topological polar surface area (TPSA) is 330 Å². The van der Waals surface area contributed by atoms with E-state index in [1.165, 1.54) is 12.1 Å². The second kappa shape index (κ2) is 15.9. The standard InChI is InChI=1S/C33H40O20/c34-8-20-24(41)16(40)7-23(47-20)53-31-28(45)26(43)22(10-36)52-33(31)50-19-6-13-17(48-30(19)11-1-2-14(38)15(39)3-11)4-12(37)5-18(13)49-32-29(46)27(44)25(42)21(9-35)51-32/h1-6,16,20-29,31-36,40-46H,7-10H2,(H2-,37,38,39)/p+1/t16-,20-,21-,22-,23+,24+,25-,26-,27+,28+,29-,31-,32?,33-/m1/s1. The van der Waals surface area contributed by atoms with Gasteiger partial charge < -0.3 is 94.8 Å². The van der Waals surface area contributed by atoms with Crippen molar-refractivity contribution in [2.45, 2.75) is 92.4 Å². The van der Waals surface area contributed by atoms with Crippen LogP contribution in [0.3, 0.4) is 0 Å². The summed E-state index contributed by atoms with van der Waals surface area (Å²) in [5.41, 5.74) is -0.0400. The van der Waals surface area contributed by atoms with Crippen LogP contribution in [0.4, 0.5) is 0 Å². The minimum atomic E-state index is -1.85. The Bertz CT molecular complexity index is 1720. The Morgan fingerprint density at radius 3 is 1.91 bits per heavy atom. The van der Waals surface area contributed by atoms with Gasteiger partial charge in [0.05, 0.1) is 37.6 Å². The lowest BCUT2D eigenvalue weighted by Crippen LogP contribution is -2.62. The number of ether oxygens (including phenoxy) is 6. The van der Waals surface area contributed by atoms with E-state index in [0.717, 1.165) is 24.3 Å². The number of aliphatic hydroxyl groups excluding tert-OH is 10. The van der Waals surface area contributed by atoms with Crippen LogP contribution in [0.25, 0.3) is 22.3 Å². The van der Waals surface area contributed by atoms with Gasteiger partial charge >= 0.3 is 11.3 Å². The molecule has 2 aromatic carbocycles. The summed E-state index contributed by atoms with van der Waals surface area (Å²) in [6.07, 6.45) is -22.7. The zero-order valence-corrected chi connectivity index (χ0v) is 27.5. The molecule has 14 atom stereocenters. The largest absolute Gasteiger partial charge is 0.507 e. The van der Waals surface area contributed by atoms with Crippen LogP contribution in [0.15, 0.2) is 40.8 Å². The lowest BCUT2D eigenvalue weighted by atomic mass is 9.98. The molecule has 3 fully saturated rings. The maximum absolute atomic E-state index is 11.2. The van der Waals surface area contributed by atoms with Gasteiger partial charge in [-0.05, 0) is 12.1 Å². The Morgan fingerprint density at radius 2 is 1.25 bits per heavy atom. The SMILES string of the molecule is OC[C@H]1O[C@@H](Oc2cc3c(OC4O[C@H](CO)[C@@H](O)[C@H](O)[C@H]4O)cc(O)cc3[o+]c2-c2ccc(O)c(O)c2)[C@H](O[C@H]2C[C@@H](O)[C@H](O)[C@@H](CO)O2)[C@@H](O)[C@@H]1O. The number of rotatable bonds is 10. The van der Waals surface area contributed by atoms with E-state index < -0.39 is 123 Å². The maximum Gasteiger partial charge on any atom is 0.402 e. The van der Waals surface area contributed by atoms with E-state index >= 15 is 0 Å². The Labute approximate surface area is 299 Å². The molecule has 3 aliphatic rings. The third-order valence-corrected chi connectivity index (χ3v) is 9.22. The summed E-state index contributed by atoms with van der Waals surface area (Å²) in [7, 11) is 0. The molecule has 53 heavy (non-hydrogen) atoms. The number of benzene rings is 2. The summed E-state index contributed by atoms with van der Waals surface area (Å²) < 4.78 is 40.8. The first-order valence-electron chi connectivity index (χ1n) is 16.4. The predicted octanol–water partition coefficient (Wildman–Crippen LogP) is -3.29. The van der Waals surface area contributed by atoms with Crippen molar-refractivity contribution in [3.63, 3.8) is 0 Å². The van der Waals surface area contributed by atoms with Gasteiger partial charge in [0.1, 0.15) is 71.8 Å². The van der Waals surface area contributed by atoms with Crippen molar-refractivity contribution in [1.29, 1.82) is 0 Å². The molecule has 0 amide bonds. The molecule has 13 N–H and O–H groups in total. The van der Waals surface area contributed by atoms with Gasteiger partial charge in [0.2, 0.25) is 18.3 Å². The minimum Gasteiger partial charge on any atom is -0.507 e. The molecule has 3 saturated heterocycles. The van der Waals surface area contributed by atoms with Crippen molar-refractivity contribution in [3.05, 3.63) is 36.4 Å². The van der Waals surface area contributed by atoms with Crippen LogP contribution in [0.5, 0.6) is 28.7 Å².